The van der Waals surface area contributed by atoms with Gasteiger partial charge in [0.1, 0.15) is 11.4 Å². The quantitative estimate of drug-likeness (QED) is 0.913. The molecular formula is C14H16F3N3O. The summed E-state index contributed by atoms with van der Waals surface area (Å²) in [6.07, 6.45) is -0.940. The Kier molecular flexibility index (Phi) is 4.40. The van der Waals surface area contributed by atoms with Crippen molar-refractivity contribution in [3.05, 3.63) is 30.5 Å². The minimum atomic E-state index is -4.69. The average molecular weight is 299 g/mol. The number of aromatic nitrogens is 2. The SMILES string of the molecule is CCCCn1cc(N)c(-c2ccc(OC(F)(F)F)cc2)n1. The van der Waals surface area contributed by atoms with E-state index in [1.165, 1.54) is 24.3 Å². The van der Waals surface area contributed by atoms with Crippen molar-refractivity contribution in [2.75, 3.05) is 5.73 Å². The van der Waals surface area contributed by atoms with Gasteiger partial charge in [-0.05, 0) is 30.7 Å². The molecule has 0 amide bonds. The van der Waals surface area contributed by atoms with E-state index in [1.807, 2.05) is 0 Å². The van der Waals surface area contributed by atoms with Crippen LogP contribution in [0.5, 0.6) is 5.75 Å². The van der Waals surface area contributed by atoms with Gasteiger partial charge in [0, 0.05) is 18.3 Å². The lowest BCUT2D eigenvalue weighted by atomic mass is 10.1. The summed E-state index contributed by atoms with van der Waals surface area (Å²) in [5.41, 5.74) is 7.60. The fourth-order valence-electron chi connectivity index (χ4n) is 1.91. The second-order valence-electron chi connectivity index (χ2n) is 4.62. The molecule has 0 radical (unpaired) electrons. The third-order valence-electron chi connectivity index (χ3n) is 2.89. The molecule has 1 aromatic heterocycles. The lowest BCUT2D eigenvalue weighted by Gasteiger charge is -2.08. The molecule has 0 fully saturated rings. The summed E-state index contributed by atoms with van der Waals surface area (Å²) in [4.78, 5) is 0. The molecule has 4 nitrogen and oxygen atoms in total. The Labute approximate surface area is 120 Å². The Morgan fingerprint density at radius 1 is 1.24 bits per heavy atom. The maximum absolute atomic E-state index is 12.1. The normalized spacial score (nSPS) is 11.6. The standard InChI is InChI=1S/C14H16F3N3O/c1-2-3-8-20-9-12(18)13(19-20)10-4-6-11(7-5-10)21-14(15,16)17/h4-7,9H,2-3,8,18H2,1H3. The van der Waals surface area contributed by atoms with Gasteiger partial charge in [-0.1, -0.05) is 13.3 Å². The van der Waals surface area contributed by atoms with Gasteiger partial charge >= 0.3 is 6.36 Å². The Hall–Kier alpha value is -2.18. The number of benzene rings is 1. The van der Waals surface area contributed by atoms with Gasteiger partial charge in [0.15, 0.2) is 0 Å². The number of anilines is 1. The van der Waals surface area contributed by atoms with Crippen molar-refractivity contribution in [3.63, 3.8) is 0 Å². The van der Waals surface area contributed by atoms with E-state index in [4.69, 9.17) is 5.73 Å². The monoisotopic (exact) mass is 299 g/mol. The zero-order chi connectivity index (χ0) is 15.5. The van der Waals surface area contributed by atoms with Crippen molar-refractivity contribution in [3.8, 4) is 17.0 Å². The number of hydrogen-bond acceptors (Lipinski definition) is 3. The summed E-state index contributed by atoms with van der Waals surface area (Å²) < 4.78 is 41.8. The minimum absolute atomic E-state index is 0.268. The van der Waals surface area contributed by atoms with Gasteiger partial charge in [-0.25, -0.2) is 0 Å². The van der Waals surface area contributed by atoms with Crippen LogP contribution >= 0.6 is 0 Å². The maximum atomic E-state index is 12.1. The first-order valence-corrected chi connectivity index (χ1v) is 6.58. The summed E-state index contributed by atoms with van der Waals surface area (Å²) in [6, 6.07) is 5.49. The highest BCUT2D eigenvalue weighted by Crippen LogP contribution is 2.28. The maximum Gasteiger partial charge on any atom is 0.573 e. The molecule has 0 aliphatic rings. The van der Waals surface area contributed by atoms with Crippen LogP contribution in [-0.2, 0) is 6.54 Å². The van der Waals surface area contributed by atoms with Crippen LogP contribution in [-0.4, -0.2) is 16.1 Å². The van der Waals surface area contributed by atoms with Crippen LogP contribution in [0.3, 0.4) is 0 Å². The second-order valence-corrected chi connectivity index (χ2v) is 4.62. The van der Waals surface area contributed by atoms with Gasteiger partial charge in [0.25, 0.3) is 0 Å². The highest BCUT2D eigenvalue weighted by molar-refractivity contribution is 5.72. The largest absolute Gasteiger partial charge is 0.573 e. The molecule has 2 N–H and O–H groups in total. The second kappa shape index (κ2) is 6.07. The molecule has 2 rings (SSSR count). The van der Waals surface area contributed by atoms with E-state index in [0.29, 0.717) is 16.9 Å². The number of hydrogen-bond donors (Lipinski definition) is 1. The van der Waals surface area contributed by atoms with Crippen LogP contribution in [0.25, 0.3) is 11.3 Å². The topological polar surface area (TPSA) is 53.1 Å². The first-order valence-electron chi connectivity index (χ1n) is 6.58. The zero-order valence-electron chi connectivity index (χ0n) is 11.5. The molecule has 1 aromatic carbocycles. The third kappa shape index (κ3) is 4.14. The molecule has 2 aromatic rings. The van der Waals surface area contributed by atoms with Gasteiger partial charge in [0.2, 0.25) is 0 Å². The molecule has 7 heteroatoms. The molecule has 114 valence electrons. The number of nitrogen functional groups attached to an aromatic ring is 1. The molecule has 21 heavy (non-hydrogen) atoms. The minimum Gasteiger partial charge on any atom is -0.406 e. The lowest BCUT2D eigenvalue weighted by Crippen LogP contribution is -2.16. The first-order chi connectivity index (χ1) is 9.89. The van der Waals surface area contributed by atoms with Crippen LogP contribution in [0.4, 0.5) is 18.9 Å². The molecule has 0 unspecified atom stereocenters. The van der Waals surface area contributed by atoms with E-state index >= 15 is 0 Å². The van der Waals surface area contributed by atoms with E-state index in [9.17, 15) is 13.2 Å². The summed E-state index contributed by atoms with van der Waals surface area (Å²) >= 11 is 0. The van der Waals surface area contributed by atoms with E-state index in [1.54, 1.807) is 10.9 Å². The van der Waals surface area contributed by atoms with Gasteiger partial charge in [-0.15, -0.1) is 13.2 Å². The molecule has 0 saturated heterocycles. The predicted molar refractivity (Wildman–Crippen MR) is 73.7 cm³/mol. The van der Waals surface area contributed by atoms with Crippen LogP contribution in [0.15, 0.2) is 30.5 Å². The van der Waals surface area contributed by atoms with Crippen molar-refractivity contribution in [1.29, 1.82) is 0 Å². The first kappa shape index (κ1) is 15.2. The van der Waals surface area contributed by atoms with Crippen molar-refractivity contribution in [2.24, 2.45) is 0 Å². The van der Waals surface area contributed by atoms with Crippen LogP contribution in [0.2, 0.25) is 0 Å². The van der Waals surface area contributed by atoms with Crippen LogP contribution in [0.1, 0.15) is 19.8 Å². The van der Waals surface area contributed by atoms with E-state index in [2.05, 4.69) is 16.8 Å². The molecule has 0 aliphatic heterocycles. The van der Waals surface area contributed by atoms with Crippen molar-refractivity contribution in [2.45, 2.75) is 32.7 Å². The lowest BCUT2D eigenvalue weighted by molar-refractivity contribution is -0.274. The van der Waals surface area contributed by atoms with Crippen molar-refractivity contribution >= 4 is 5.69 Å². The van der Waals surface area contributed by atoms with E-state index in [0.717, 1.165) is 19.4 Å². The summed E-state index contributed by atoms with van der Waals surface area (Å²) in [5.74, 6) is -0.268. The number of rotatable bonds is 5. The summed E-state index contributed by atoms with van der Waals surface area (Å²) in [7, 11) is 0. The smallest absolute Gasteiger partial charge is 0.406 e. The summed E-state index contributed by atoms with van der Waals surface area (Å²) in [6.45, 7) is 2.84. The highest BCUT2D eigenvalue weighted by Gasteiger charge is 2.31. The molecule has 1 heterocycles. The van der Waals surface area contributed by atoms with Crippen LogP contribution in [0, 0.1) is 0 Å². The third-order valence-corrected chi connectivity index (χ3v) is 2.89. The van der Waals surface area contributed by atoms with Crippen LogP contribution < -0.4 is 10.5 Å². The number of unbranched alkanes of at least 4 members (excludes halogenated alkanes) is 1. The Balaban J connectivity index is 2.16. The van der Waals surface area contributed by atoms with Gasteiger partial charge in [-0.3, -0.25) is 4.68 Å². The Bertz CT molecular complexity index is 591. The van der Waals surface area contributed by atoms with E-state index < -0.39 is 6.36 Å². The number of nitrogens with two attached hydrogens (primary N) is 1. The molecule has 0 atom stereocenters. The van der Waals surface area contributed by atoms with E-state index in [-0.39, 0.29) is 5.75 Å². The summed E-state index contributed by atoms with van der Waals surface area (Å²) in [5, 5.41) is 4.35. The predicted octanol–water partition coefficient (Wildman–Crippen LogP) is 3.83. The molecule has 0 bridgehead atoms. The number of halogens is 3. The van der Waals surface area contributed by atoms with Crippen molar-refractivity contribution in [1.82, 2.24) is 9.78 Å². The fourth-order valence-corrected chi connectivity index (χ4v) is 1.91. The molecule has 0 spiro atoms. The average Bonchev–Trinajstić information content (AvgIpc) is 2.77. The van der Waals surface area contributed by atoms with Gasteiger partial charge in [-0.2, -0.15) is 5.10 Å². The number of ether oxygens (including phenoxy) is 1. The van der Waals surface area contributed by atoms with Gasteiger partial charge < -0.3 is 10.5 Å². The number of nitrogens with zero attached hydrogens (tertiary/aromatic N) is 2. The fraction of sp³-hybridized carbons (Fsp3) is 0.357. The number of alkyl halides is 3. The molecule has 0 aliphatic carbocycles. The number of aryl methyl sites for hydroxylation is 1. The zero-order valence-corrected chi connectivity index (χ0v) is 11.5. The van der Waals surface area contributed by atoms with Gasteiger partial charge in [0.05, 0.1) is 5.69 Å². The highest BCUT2D eigenvalue weighted by atomic mass is 19.4. The van der Waals surface area contributed by atoms with Crippen molar-refractivity contribution < 1.29 is 17.9 Å². The Morgan fingerprint density at radius 3 is 2.48 bits per heavy atom. The molecule has 0 saturated carbocycles. The Morgan fingerprint density at radius 2 is 1.90 bits per heavy atom. The molecular weight excluding hydrogens is 283 g/mol.